The van der Waals surface area contributed by atoms with Gasteiger partial charge in [-0.1, -0.05) is 48.5 Å². The number of primary amides is 1. The van der Waals surface area contributed by atoms with Crippen LogP contribution in [0.5, 0.6) is 0 Å². The monoisotopic (exact) mass is 294 g/mol. The predicted molar refractivity (Wildman–Crippen MR) is 87.6 cm³/mol. The third-order valence-corrected chi connectivity index (χ3v) is 3.59. The van der Waals surface area contributed by atoms with Gasteiger partial charge in [0.1, 0.15) is 6.17 Å². The summed E-state index contributed by atoms with van der Waals surface area (Å²) in [4.78, 5) is 15.8. The molecule has 2 aromatic carbocycles. The summed E-state index contributed by atoms with van der Waals surface area (Å²) in [5.74, 6) is -0.361. The molecule has 0 fully saturated rings. The molecule has 1 atom stereocenters. The van der Waals surface area contributed by atoms with E-state index in [1.54, 1.807) is 0 Å². The van der Waals surface area contributed by atoms with E-state index >= 15 is 0 Å². The molecule has 5 nitrogen and oxygen atoms in total. The van der Waals surface area contributed by atoms with Gasteiger partial charge in [0.25, 0.3) is 5.91 Å². The Labute approximate surface area is 129 Å². The number of benzene rings is 2. The van der Waals surface area contributed by atoms with Crippen LogP contribution in [0.2, 0.25) is 0 Å². The summed E-state index contributed by atoms with van der Waals surface area (Å²) in [6.45, 7) is 0.762. The van der Waals surface area contributed by atoms with Gasteiger partial charge in [-0.05, 0) is 18.1 Å². The van der Waals surface area contributed by atoms with Crippen molar-refractivity contribution < 1.29 is 4.79 Å². The molecule has 1 heterocycles. The van der Waals surface area contributed by atoms with Gasteiger partial charge < -0.3 is 11.1 Å². The average molecular weight is 294 g/mol. The zero-order valence-electron chi connectivity index (χ0n) is 12.1. The quantitative estimate of drug-likeness (QED) is 0.787. The second-order valence-corrected chi connectivity index (χ2v) is 5.15. The second kappa shape index (κ2) is 6.41. The highest BCUT2D eigenvalue weighted by Crippen LogP contribution is 2.27. The zero-order chi connectivity index (χ0) is 15.4. The number of carbonyl (C=O) groups is 1. The molecule has 0 spiro atoms. The molecule has 22 heavy (non-hydrogen) atoms. The number of fused-ring (bicyclic) bond motifs is 1. The van der Waals surface area contributed by atoms with Crippen LogP contribution in [-0.4, -0.2) is 18.3 Å². The minimum atomic E-state index is -0.552. The van der Waals surface area contributed by atoms with Crippen molar-refractivity contribution in [2.75, 3.05) is 11.9 Å². The van der Waals surface area contributed by atoms with Crippen LogP contribution in [0.4, 0.5) is 5.69 Å². The number of amides is 1. The Morgan fingerprint density at radius 2 is 1.86 bits per heavy atom. The molecule has 2 aromatic rings. The molecule has 1 aliphatic rings. The first-order valence-electron chi connectivity index (χ1n) is 7.25. The van der Waals surface area contributed by atoms with Gasteiger partial charge >= 0.3 is 0 Å². The molecular formula is C17H18N4O. The van der Waals surface area contributed by atoms with Gasteiger partial charge in [-0.15, -0.1) is 0 Å². The number of hydrogen-bond acceptors (Lipinski definition) is 4. The van der Waals surface area contributed by atoms with E-state index in [9.17, 15) is 4.79 Å². The number of nitrogens with zero attached hydrogens (tertiary/aromatic N) is 1. The fourth-order valence-corrected chi connectivity index (χ4v) is 2.49. The van der Waals surface area contributed by atoms with Gasteiger partial charge in [-0.2, -0.15) is 0 Å². The van der Waals surface area contributed by atoms with E-state index < -0.39 is 5.91 Å². The Bertz CT molecular complexity index is 697. The second-order valence-electron chi connectivity index (χ2n) is 5.15. The first-order valence-corrected chi connectivity index (χ1v) is 7.25. The Hall–Kier alpha value is -2.66. The first-order chi connectivity index (χ1) is 10.7. The number of hydrogen-bond donors (Lipinski definition) is 3. The minimum absolute atomic E-state index is 0.191. The Morgan fingerprint density at radius 3 is 2.64 bits per heavy atom. The van der Waals surface area contributed by atoms with E-state index in [1.807, 2.05) is 42.5 Å². The lowest BCUT2D eigenvalue weighted by Gasteiger charge is -2.24. The summed E-state index contributed by atoms with van der Waals surface area (Å²) in [6.07, 6.45) is 0.637. The third kappa shape index (κ3) is 3.15. The van der Waals surface area contributed by atoms with Crippen LogP contribution in [0.1, 0.15) is 17.3 Å². The first kappa shape index (κ1) is 14.3. The van der Waals surface area contributed by atoms with Crippen LogP contribution < -0.4 is 16.4 Å². The highest BCUT2D eigenvalue weighted by atomic mass is 16.1. The van der Waals surface area contributed by atoms with E-state index in [2.05, 4.69) is 27.8 Å². The van der Waals surface area contributed by atoms with E-state index in [0.29, 0.717) is 0 Å². The van der Waals surface area contributed by atoms with Crippen molar-refractivity contribution in [1.82, 2.24) is 5.32 Å². The Kier molecular flexibility index (Phi) is 4.16. The molecule has 4 N–H and O–H groups in total. The van der Waals surface area contributed by atoms with Gasteiger partial charge in [0.15, 0.2) is 5.84 Å². The summed E-state index contributed by atoms with van der Waals surface area (Å²) < 4.78 is 0. The van der Waals surface area contributed by atoms with E-state index in [4.69, 9.17) is 5.73 Å². The SMILES string of the molecule is NC(=O)C1=NC(NCCc2ccccc2)c2ccccc2N1. The molecule has 0 saturated carbocycles. The summed E-state index contributed by atoms with van der Waals surface area (Å²) in [6, 6.07) is 18.0. The summed E-state index contributed by atoms with van der Waals surface area (Å²) >= 11 is 0. The molecule has 1 aliphatic heterocycles. The molecule has 0 radical (unpaired) electrons. The molecule has 1 unspecified atom stereocenters. The van der Waals surface area contributed by atoms with Gasteiger partial charge in [-0.3, -0.25) is 10.1 Å². The van der Waals surface area contributed by atoms with Gasteiger partial charge in [0.2, 0.25) is 0 Å². The lowest BCUT2D eigenvalue weighted by Crippen LogP contribution is -2.36. The maximum Gasteiger partial charge on any atom is 0.284 e. The number of para-hydroxylation sites is 1. The molecule has 0 aromatic heterocycles. The van der Waals surface area contributed by atoms with Gasteiger partial charge in [0.05, 0.1) is 0 Å². The van der Waals surface area contributed by atoms with Crippen LogP contribution in [0, 0.1) is 0 Å². The predicted octanol–water partition coefficient (Wildman–Crippen LogP) is 1.83. The van der Waals surface area contributed by atoms with Crippen LogP contribution in [0.25, 0.3) is 0 Å². The zero-order valence-corrected chi connectivity index (χ0v) is 12.1. The molecule has 3 rings (SSSR count). The van der Waals surface area contributed by atoms with Gasteiger partial charge in [0, 0.05) is 17.8 Å². The number of anilines is 1. The average Bonchev–Trinajstić information content (AvgIpc) is 2.55. The number of nitrogens with two attached hydrogens (primary N) is 1. The topological polar surface area (TPSA) is 79.5 Å². The fourth-order valence-electron chi connectivity index (χ4n) is 2.49. The van der Waals surface area contributed by atoms with Crippen molar-refractivity contribution in [2.24, 2.45) is 10.7 Å². The Morgan fingerprint density at radius 1 is 1.14 bits per heavy atom. The number of nitrogens with one attached hydrogen (secondary N) is 2. The Balaban J connectivity index is 1.72. The molecular weight excluding hydrogens is 276 g/mol. The number of amidine groups is 1. The maximum absolute atomic E-state index is 11.4. The molecule has 0 bridgehead atoms. The third-order valence-electron chi connectivity index (χ3n) is 3.59. The largest absolute Gasteiger partial charge is 0.363 e. The molecule has 1 amide bonds. The summed E-state index contributed by atoms with van der Waals surface area (Å²) in [7, 11) is 0. The fraction of sp³-hybridized carbons (Fsp3) is 0.176. The maximum atomic E-state index is 11.4. The normalized spacial score (nSPS) is 16.4. The number of rotatable bonds is 5. The van der Waals surface area contributed by atoms with E-state index in [0.717, 1.165) is 24.2 Å². The van der Waals surface area contributed by atoms with Crippen molar-refractivity contribution in [1.29, 1.82) is 0 Å². The van der Waals surface area contributed by atoms with Crippen LogP contribution in [-0.2, 0) is 11.2 Å². The number of carbonyl (C=O) groups excluding carboxylic acids is 1. The number of aliphatic imine (C=N–C) groups is 1. The van der Waals surface area contributed by atoms with E-state index in [1.165, 1.54) is 5.56 Å². The summed E-state index contributed by atoms with van der Waals surface area (Å²) in [5, 5.41) is 6.35. The molecule has 0 saturated heterocycles. The molecule has 5 heteroatoms. The van der Waals surface area contributed by atoms with Crippen molar-refractivity contribution >= 4 is 17.4 Å². The highest BCUT2D eigenvalue weighted by Gasteiger charge is 2.22. The standard InChI is InChI=1S/C17H18N4O/c18-15(22)17-20-14-9-5-4-8-13(14)16(21-17)19-11-10-12-6-2-1-3-7-12/h1-9,16,19H,10-11H2,(H2,18,22)(H,20,21). The van der Waals surface area contributed by atoms with Gasteiger partial charge in [-0.25, -0.2) is 4.99 Å². The smallest absolute Gasteiger partial charge is 0.284 e. The lowest BCUT2D eigenvalue weighted by atomic mass is 10.1. The minimum Gasteiger partial charge on any atom is -0.363 e. The highest BCUT2D eigenvalue weighted by molar-refractivity contribution is 6.42. The van der Waals surface area contributed by atoms with E-state index in [-0.39, 0.29) is 12.0 Å². The van der Waals surface area contributed by atoms with Crippen LogP contribution >= 0.6 is 0 Å². The van der Waals surface area contributed by atoms with Crippen molar-refractivity contribution in [3.8, 4) is 0 Å². The van der Waals surface area contributed by atoms with Crippen LogP contribution in [0.15, 0.2) is 59.6 Å². The van der Waals surface area contributed by atoms with Crippen molar-refractivity contribution in [2.45, 2.75) is 12.6 Å². The van der Waals surface area contributed by atoms with Crippen molar-refractivity contribution in [3.63, 3.8) is 0 Å². The van der Waals surface area contributed by atoms with Crippen molar-refractivity contribution in [3.05, 3.63) is 65.7 Å². The molecule has 0 aliphatic carbocycles. The lowest BCUT2D eigenvalue weighted by molar-refractivity contribution is -0.112. The molecule has 112 valence electrons. The summed E-state index contributed by atoms with van der Waals surface area (Å²) in [5.41, 5.74) is 8.49. The van der Waals surface area contributed by atoms with Crippen LogP contribution in [0.3, 0.4) is 0 Å².